The molecule has 0 aliphatic rings. The van der Waals surface area contributed by atoms with Gasteiger partial charge < -0.3 is 9.47 Å². The van der Waals surface area contributed by atoms with Crippen molar-refractivity contribution < 1.29 is 19.1 Å². The van der Waals surface area contributed by atoms with Crippen molar-refractivity contribution in [2.45, 2.75) is 71.8 Å². The van der Waals surface area contributed by atoms with E-state index in [1.165, 1.54) is 19.3 Å². The highest BCUT2D eigenvalue weighted by atomic mass is 16.5. The topological polar surface area (TPSA) is 76.4 Å². The molecule has 0 fully saturated rings. The van der Waals surface area contributed by atoms with E-state index >= 15 is 0 Å². The lowest BCUT2D eigenvalue weighted by atomic mass is 9.99. The zero-order valence-corrected chi connectivity index (χ0v) is 23.3. The van der Waals surface area contributed by atoms with Gasteiger partial charge in [0.25, 0.3) is 0 Å². The van der Waals surface area contributed by atoms with Crippen LogP contribution < -0.4 is 0 Å². The van der Waals surface area contributed by atoms with Crippen LogP contribution in [0.5, 0.6) is 0 Å². The Balaban J connectivity index is 1.56. The Morgan fingerprint density at radius 1 is 0.692 bits per heavy atom. The first-order valence-electron chi connectivity index (χ1n) is 14.0. The first-order valence-corrected chi connectivity index (χ1v) is 14.0. The Labute approximate surface area is 232 Å². The number of hydrogen-bond acceptors (Lipinski definition) is 5. The summed E-state index contributed by atoms with van der Waals surface area (Å²) < 4.78 is 10.9. The molecule has 0 saturated carbocycles. The summed E-state index contributed by atoms with van der Waals surface area (Å²) in [5.74, 6) is -0.962. The maximum Gasteiger partial charge on any atom is 0.338 e. The van der Waals surface area contributed by atoms with Crippen LogP contribution in [0.15, 0.2) is 72.8 Å². The minimum Gasteiger partial charge on any atom is -0.461 e. The second-order valence-corrected chi connectivity index (χ2v) is 10.0. The summed E-state index contributed by atoms with van der Waals surface area (Å²) in [4.78, 5) is 24.8. The van der Waals surface area contributed by atoms with Gasteiger partial charge in [-0.3, -0.25) is 0 Å². The molecule has 3 aromatic carbocycles. The van der Waals surface area contributed by atoms with Crippen LogP contribution in [0, 0.1) is 17.2 Å². The minimum absolute atomic E-state index is 0.0806. The number of unbranched alkanes of at least 4 members (excludes halogenated alkanes) is 3. The molecule has 0 N–H and O–H groups in total. The molecule has 0 aromatic heterocycles. The van der Waals surface area contributed by atoms with Crippen LogP contribution in [0.3, 0.4) is 0 Å². The second-order valence-electron chi connectivity index (χ2n) is 10.0. The molecular weight excluding hydrogens is 486 g/mol. The molecule has 0 aliphatic heterocycles. The average Bonchev–Trinajstić information content (AvgIpc) is 2.97. The van der Waals surface area contributed by atoms with Crippen molar-refractivity contribution in [3.8, 4) is 28.3 Å². The fourth-order valence-corrected chi connectivity index (χ4v) is 4.41. The normalized spacial score (nSPS) is 12.3. The molecule has 39 heavy (non-hydrogen) atoms. The zero-order chi connectivity index (χ0) is 28.0. The Morgan fingerprint density at radius 3 is 1.64 bits per heavy atom. The van der Waals surface area contributed by atoms with Crippen molar-refractivity contribution in [2.75, 3.05) is 6.61 Å². The molecule has 0 aliphatic carbocycles. The number of carbonyl (C=O) groups excluding carboxylic acids is 2. The molecule has 0 unspecified atom stereocenters. The first-order chi connectivity index (χ1) is 18.9. The van der Waals surface area contributed by atoms with Gasteiger partial charge in [-0.2, -0.15) is 5.26 Å². The predicted molar refractivity (Wildman–Crippen MR) is 155 cm³/mol. The van der Waals surface area contributed by atoms with Crippen molar-refractivity contribution >= 4 is 11.9 Å². The van der Waals surface area contributed by atoms with Gasteiger partial charge in [0.15, 0.2) is 0 Å². The summed E-state index contributed by atoms with van der Waals surface area (Å²) >= 11 is 0. The molecular formula is C34H39NO4. The van der Waals surface area contributed by atoms with Gasteiger partial charge in [-0.15, -0.1) is 0 Å². The molecule has 0 amide bonds. The molecule has 0 saturated heterocycles. The zero-order valence-electron chi connectivity index (χ0n) is 23.3. The van der Waals surface area contributed by atoms with Crippen LogP contribution in [0.4, 0.5) is 0 Å². The van der Waals surface area contributed by atoms with Gasteiger partial charge in [0.05, 0.1) is 29.2 Å². The molecule has 5 nitrogen and oxygen atoms in total. The molecule has 2 atom stereocenters. The summed E-state index contributed by atoms with van der Waals surface area (Å²) in [5, 5.41) is 9.13. The number of carbonyl (C=O) groups is 2. The van der Waals surface area contributed by atoms with Crippen molar-refractivity contribution in [1.29, 1.82) is 5.26 Å². The number of nitrogens with zero attached hydrogens (tertiary/aromatic N) is 1. The van der Waals surface area contributed by atoms with Gasteiger partial charge in [0.2, 0.25) is 0 Å². The van der Waals surface area contributed by atoms with Gasteiger partial charge in [0, 0.05) is 0 Å². The first kappa shape index (κ1) is 29.6. The summed E-state index contributed by atoms with van der Waals surface area (Å²) in [6.45, 7) is 6.26. The Bertz CT molecular complexity index is 1220. The molecule has 204 valence electrons. The van der Waals surface area contributed by atoms with Crippen molar-refractivity contribution in [2.24, 2.45) is 5.92 Å². The summed E-state index contributed by atoms with van der Waals surface area (Å²) in [5.41, 5.74) is 5.10. The van der Waals surface area contributed by atoms with E-state index in [2.05, 4.69) is 13.0 Å². The third kappa shape index (κ3) is 9.11. The van der Waals surface area contributed by atoms with E-state index in [4.69, 9.17) is 14.7 Å². The lowest BCUT2D eigenvalue weighted by Crippen LogP contribution is -2.15. The van der Waals surface area contributed by atoms with Crippen molar-refractivity contribution in [3.63, 3.8) is 0 Å². The van der Waals surface area contributed by atoms with Crippen LogP contribution in [-0.2, 0) is 9.47 Å². The molecule has 0 heterocycles. The SMILES string of the molecule is CCCCCC[C@H](C)OC(=O)c1ccc(-c2ccc(-c3ccc(C(=O)OC[C@@H](C#N)CCC)cc3)cc2)cc1. The molecule has 0 radical (unpaired) electrons. The standard InChI is InChI=1S/C34H39NO4/c1-4-6-7-8-10-25(3)39-34(37)32-21-17-30(18-22-32)28-13-11-27(12-14-28)29-15-19-31(20-16-29)33(36)38-24-26(23-35)9-5-2/h11-22,25-26H,4-10,24H2,1-3H3/t25-,26+/m0/s1. The molecule has 0 spiro atoms. The Morgan fingerprint density at radius 2 is 1.18 bits per heavy atom. The second kappa shape index (κ2) is 15.5. The van der Waals surface area contributed by atoms with Crippen LogP contribution in [-0.4, -0.2) is 24.6 Å². The molecule has 3 rings (SSSR count). The largest absolute Gasteiger partial charge is 0.461 e. The third-order valence-corrected chi connectivity index (χ3v) is 6.80. The summed E-state index contributed by atoms with van der Waals surface area (Å²) in [6, 6.07) is 25.1. The quantitative estimate of drug-likeness (QED) is 0.155. The monoisotopic (exact) mass is 525 g/mol. The molecule has 0 bridgehead atoms. The van der Waals surface area contributed by atoms with Gasteiger partial charge >= 0.3 is 11.9 Å². The van der Waals surface area contributed by atoms with E-state index in [-0.39, 0.29) is 24.6 Å². The number of esters is 2. The average molecular weight is 526 g/mol. The van der Waals surface area contributed by atoms with Crippen molar-refractivity contribution in [1.82, 2.24) is 0 Å². The number of ether oxygens (including phenoxy) is 2. The number of benzene rings is 3. The van der Waals surface area contributed by atoms with E-state index in [1.807, 2.05) is 74.5 Å². The lowest BCUT2D eigenvalue weighted by Gasteiger charge is -2.13. The number of nitriles is 1. The van der Waals surface area contributed by atoms with E-state index in [0.717, 1.165) is 41.5 Å². The Hall–Kier alpha value is -3.91. The van der Waals surface area contributed by atoms with Crippen LogP contribution in [0.1, 0.15) is 86.4 Å². The number of rotatable bonds is 14. The van der Waals surface area contributed by atoms with E-state index < -0.39 is 5.97 Å². The van der Waals surface area contributed by atoms with Crippen LogP contribution >= 0.6 is 0 Å². The maximum atomic E-state index is 12.5. The third-order valence-electron chi connectivity index (χ3n) is 6.80. The van der Waals surface area contributed by atoms with Crippen LogP contribution in [0.2, 0.25) is 0 Å². The highest BCUT2D eigenvalue weighted by molar-refractivity contribution is 5.91. The predicted octanol–water partition coefficient (Wildman–Crippen LogP) is 8.63. The van der Waals surface area contributed by atoms with E-state index in [9.17, 15) is 9.59 Å². The Kier molecular flexibility index (Phi) is 11.8. The van der Waals surface area contributed by atoms with Gasteiger partial charge in [0.1, 0.15) is 6.61 Å². The highest BCUT2D eigenvalue weighted by Crippen LogP contribution is 2.26. The van der Waals surface area contributed by atoms with Gasteiger partial charge in [-0.25, -0.2) is 9.59 Å². The summed E-state index contributed by atoms with van der Waals surface area (Å²) in [6.07, 6.45) is 7.08. The van der Waals surface area contributed by atoms with Gasteiger partial charge in [-0.05, 0) is 72.7 Å². The molecule has 3 aromatic rings. The van der Waals surface area contributed by atoms with E-state index in [1.54, 1.807) is 12.1 Å². The highest BCUT2D eigenvalue weighted by Gasteiger charge is 2.14. The fraction of sp³-hybridized carbons (Fsp3) is 0.382. The van der Waals surface area contributed by atoms with Gasteiger partial charge in [-0.1, -0.05) is 88.1 Å². The fourth-order valence-electron chi connectivity index (χ4n) is 4.41. The summed E-state index contributed by atoms with van der Waals surface area (Å²) in [7, 11) is 0. The van der Waals surface area contributed by atoms with E-state index in [0.29, 0.717) is 17.5 Å². The smallest absolute Gasteiger partial charge is 0.338 e. The minimum atomic E-state index is -0.415. The maximum absolute atomic E-state index is 12.5. The molecule has 5 heteroatoms. The van der Waals surface area contributed by atoms with Crippen molar-refractivity contribution in [3.05, 3.63) is 83.9 Å². The lowest BCUT2D eigenvalue weighted by molar-refractivity contribution is 0.0319. The number of hydrogen-bond donors (Lipinski definition) is 0. The van der Waals surface area contributed by atoms with Crippen LogP contribution in [0.25, 0.3) is 22.3 Å².